The predicted octanol–water partition coefficient (Wildman–Crippen LogP) is 3.13. The maximum Gasteiger partial charge on any atom is 0.198 e. The van der Waals surface area contributed by atoms with Crippen molar-refractivity contribution in [2.24, 2.45) is 0 Å². The van der Waals surface area contributed by atoms with E-state index in [-0.39, 0.29) is 11.5 Å². The molecule has 4 nitrogen and oxygen atoms in total. The molecule has 0 saturated carbocycles. The number of hydrogen-bond donors (Lipinski definition) is 0. The summed E-state index contributed by atoms with van der Waals surface area (Å²) in [4.78, 5) is 11.1. The summed E-state index contributed by atoms with van der Waals surface area (Å²) >= 11 is 0. The number of furan rings is 1. The molecular formula is C14H12NO3. The second kappa shape index (κ2) is 5.37. The van der Waals surface area contributed by atoms with Gasteiger partial charge in [-0.05, 0) is 30.7 Å². The van der Waals surface area contributed by atoms with Gasteiger partial charge in [-0.3, -0.25) is 4.79 Å². The molecule has 0 unspecified atom stereocenters. The lowest BCUT2D eigenvalue weighted by Gasteiger charge is -2.03. The van der Waals surface area contributed by atoms with Gasteiger partial charge in [0.15, 0.2) is 11.5 Å². The van der Waals surface area contributed by atoms with Crippen LogP contribution in [0.1, 0.15) is 23.4 Å². The lowest BCUT2D eigenvalue weighted by Crippen LogP contribution is -1.96. The van der Waals surface area contributed by atoms with Crippen molar-refractivity contribution >= 4 is 16.8 Å². The molecule has 0 atom stereocenters. The van der Waals surface area contributed by atoms with Gasteiger partial charge in [0, 0.05) is 18.7 Å². The Kier molecular flexibility index (Phi) is 3.63. The molecule has 1 heterocycles. The van der Waals surface area contributed by atoms with Crippen LogP contribution in [-0.4, -0.2) is 12.4 Å². The van der Waals surface area contributed by atoms with Crippen LogP contribution in [0.2, 0.25) is 0 Å². The van der Waals surface area contributed by atoms with Gasteiger partial charge in [0.1, 0.15) is 11.3 Å². The monoisotopic (exact) mass is 242 g/mol. The van der Waals surface area contributed by atoms with E-state index in [0.717, 1.165) is 5.39 Å². The number of fused-ring (bicyclic) bond motifs is 1. The molecule has 0 fully saturated rings. The normalized spacial score (nSPS) is 10.2. The molecule has 18 heavy (non-hydrogen) atoms. The topological polar surface area (TPSA) is 63.2 Å². The summed E-state index contributed by atoms with van der Waals surface area (Å²) < 4.78 is 10.8. The minimum atomic E-state index is -0.345. The van der Waals surface area contributed by atoms with E-state index in [1.165, 1.54) is 0 Å². The van der Waals surface area contributed by atoms with Crippen molar-refractivity contribution in [2.75, 3.05) is 6.61 Å². The number of unbranched alkanes of at least 4 members (excludes halogenated alkanes) is 1. The molecule has 2 rings (SSSR count). The van der Waals surface area contributed by atoms with E-state index in [0.29, 0.717) is 30.8 Å². The van der Waals surface area contributed by atoms with Crippen molar-refractivity contribution < 1.29 is 13.9 Å². The molecule has 0 bridgehead atoms. The fraction of sp³-hybridized carbons (Fsp3) is 0.214. The zero-order chi connectivity index (χ0) is 13.0. The van der Waals surface area contributed by atoms with Crippen LogP contribution in [0.15, 0.2) is 28.7 Å². The number of hydrogen-bond acceptors (Lipinski definition) is 4. The minimum absolute atomic E-state index is 0.242. The van der Waals surface area contributed by atoms with E-state index in [1.807, 2.05) is 0 Å². The van der Waals surface area contributed by atoms with E-state index in [4.69, 9.17) is 14.4 Å². The zero-order valence-electron chi connectivity index (χ0n) is 9.81. The summed E-state index contributed by atoms with van der Waals surface area (Å²) in [6.07, 6.45) is 1.18. The Bertz CT molecular complexity index is 607. The third-order valence-corrected chi connectivity index (χ3v) is 2.46. The molecule has 4 heteroatoms. The summed E-state index contributed by atoms with van der Waals surface area (Å²) in [5, 5.41) is 9.21. The Labute approximate surface area is 105 Å². The smallest absolute Gasteiger partial charge is 0.198 e. The summed E-state index contributed by atoms with van der Waals surface area (Å²) in [5.41, 5.74) is 0.631. The molecule has 91 valence electrons. The van der Waals surface area contributed by atoms with Crippen molar-refractivity contribution in [2.45, 2.75) is 12.8 Å². The van der Waals surface area contributed by atoms with Crippen molar-refractivity contribution in [3.63, 3.8) is 0 Å². The Balaban J connectivity index is 2.12. The predicted molar refractivity (Wildman–Crippen MR) is 66.2 cm³/mol. The van der Waals surface area contributed by atoms with E-state index in [1.54, 1.807) is 24.3 Å². The molecular weight excluding hydrogens is 230 g/mol. The molecule has 0 amide bonds. The highest BCUT2D eigenvalue weighted by molar-refractivity contribution is 6.00. The van der Waals surface area contributed by atoms with Gasteiger partial charge in [-0.1, -0.05) is 0 Å². The number of Topliss-reactive ketones (excluding diaryl/α,β-unsaturated/α-hetero) is 1. The second-order valence-electron chi connectivity index (χ2n) is 3.84. The minimum Gasteiger partial charge on any atom is -0.494 e. The molecule has 0 aliphatic carbocycles. The van der Waals surface area contributed by atoms with Gasteiger partial charge in [-0.15, -0.1) is 0 Å². The van der Waals surface area contributed by atoms with E-state index in [9.17, 15) is 4.79 Å². The number of carbonyl (C=O) groups excluding carboxylic acids is 1. The fourth-order valence-electron chi connectivity index (χ4n) is 1.59. The highest BCUT2D eigenvalue weighted by atomic mass is 16.5. The zero-order valence-corrected chi connectivity index (χ0v) is 9.81. The van der Waals surface area contributed by atoms with Gasteiger partial charge in [0.05, 0.1) is 12.7 Å². The largest absolute Gasteiger partial charge is 0.494 e. The molecule has 0 saturated heterocycles. The van der Waals surface area contributed by atoms with E-state index in [2.05, 4.69) is 13.0 Å². The van der Waals surface area contributed by atoms with Gasteiger partial charge >= 0.3 is 0 Å². The third kappa shape index (κ3) is 2.69. The van der Waals surface area contributed by atoms with Crippen LogP contribution in [0.25, 0.3) is 11.0 Å². The fourth-order valence-corrected chi connectivity index (χ4v) is 1.59. The van der Waals surface area contributed by atoms with Gasteiger partial charge in [0.2, 0.25) is 0 Å². The Morgan fingerprint density at radius 2 is 2.28 bits per heavy atom. The Hall–Kier alpha value is -2.28. The van der Waals surface area contributed by atoms with Gasteiger partial charge < -0.3 is 9.15 Å². The maximum atomic E-state index is 11.1. The van der Waals surface area contributed by atoms with Crippen LogP contribution in [0.3, 0.4) is 0 Å². The average Bonchev–Trinajstić information content (AvgIpc) is 2.78. The third-order valence-electron chi connectivity index (χ3n) is 2.46. The molecule has 1 radical (unpaired) electrons. The number of ketones is 1. The number of rotatable bonds is 5. The summed E-state index contributed by atoms with van der Waals surface area (Å²) in [6, 6.07) is 9.03. The first-order valence-electron chi connectivity index (χ1n) is 5.60. The van der Waals surface area contributed by atoms with Crippen LogP contribution >= 0.6 is 0 Å². The number of nitriles is 1. The average molecular weight is 242 g/mol. The maximum absolute atomic E-state index is 11.1. The van der Waals surface area contributed by atoms with Gasteiger partial charge in [-0.25, -0.2) is 0 Å². The first-order valence-corrected chi connectivity index (χ1v) is 5.60. The summed E-state index contributed by atoms with van der Waals surface area (Å²) in [7, 11) is 0. The van der Waals surface area contributed by atoms with Crippen LogP contribution < -0.4 is 4.74 Å². The van der Waals surface area contributed by atoms with Crippen LogP contribution in [-0.2, 0) is 0 Å². The van der Waals surface area contributed by atoms with Crippen molar-refractivity contribution in [3.05, 3.63) is 36.9 Å². The number of ether oxygens (including phenoxy) is 1. The number of nitrogens with zero attached hydrogens (tertiary/aromatic N) is 1. The van der Waals surface area contributed by atoms with E-state index < -0.39 is 0 Å². The SMILES string of the molecule is [CH2]C(=O)c1cc2cc(OCCCC#N)ccc2o1. The lowest BCUT2D eigenvalue weighted by atomic mass is 10.2. The van der Waals surface area contributed by atoms with Gasteiger partial charge in [0.25, 0.3) is 0 Å². The molecule has 0 aliphatic heterocycles. The molecule has 1 aromatic carbocycles. The van der Waals surface area contributed by atoms with Crippen LogP contribution in [0, 0.1) is 18.3 Å². The second-order valence-corrected chi connectivity index (χ2v) is 3.84. The molecule has 0 aliphatic rings. The summed E-state index contributed by atoms with van der Waals surface area (Å²) in [6.45, 7) is 3.80. The van der Waals surface area contributed by atoms with Crippen molar-refractivity contribution in [3.8, 4) is 11.8 Å². The lowest BCUT2D eigenvalue weighted by molar-refractivity contribution is 0.102. The highest BCUT2D eigenvalue weighted by Crippen LogP contribution is 2.24. The molecule has 2 aromatic rings. The van der Waals surface area contributed by atoms with Crippen LogP contribution in [0.4, 0.5) is 0 Å². The van der Waals surface area contributed by atoms with E-state index >= 15 is 0 Å². The first kappa shape index (κ1) is 12.2. The summed E-state index contributed by atoms with van der Waals surface area (Å²) in [5.74, 6) is 0.596. The molecule has 0 N–H and O–H groups in total. The quantitative estimate of drug-likeness (QED) is 0.596. The molecule has 0 spiro atoms. The standard InChI is InChI=1S/C14H12NO3/c1-10(16)14-9-11-8-12(4-5-13(11)18-14)17-7-3-2-6-15/h4-5,8-9H,1-3,7H2. The number of benzene rings is 1. The van der Waals surface area contributed by atoms with Crippen LogP contribution in [0.5, 0.6) is 5.75 Å². The first-order chi connectivity index (χ1) is 8.70. The van der Waals surface area contributed by atoms with Gasteiger partial charge in [-0.2, -0.15) is 5.26 Å². The highest BCUT2D eigenvalue weighted by Gasteiger charge is 2.08. The number of carbonyl (C=O) groups is 1. The Morgan fingerprint density at radius 3 is 3.00 bits per heavy atom. The Morgan fingerprint density at radius 1 is 1.44 bits per heavy atom. The van der Waals surface area contributed by atoms with Crippen molar-refractivity contribution in [1.82, 2.24) is 0 Å². The molecule has 1 aromatic heterocycles. The van der Waals surface area contributed by atoms with Crippen molar-refractivity contribution in [1.29, 1.82) is 5.26 Å².